The molecule has 0 heterocycles. The number of aldehydes is 1. The van der Waals surface area contributed by atoms with Gasteiger partial charge in [0.05, 0.1) is 6.61 Å². The van der Waals surface area contributed by atoms with Crippen LogP contribution < -0.4 is 0 Å². The Morgan fingerprint density at radius 2 is 2.29 bits per heavy atom. The summed E-state index contributed by atoms with van der Waals surface area (Å²) in [7, 11) is 0. The molecule has 0 spiro atoms. The minimum absolute atomic E-state index is 0.411. The molecular formula is C11H13ClO2. The monoisotopic (exact) mass is 212 g/mol. The summed E-state index contributed by atoms with van der Waals surface area (Å²) in [5, 5.41) is 0.665. The maximum atomic E-state index is 10.3. The zero-order valence-electron chi connectivity index (χ0n) is 8.13. The van der Waals surface area contributed by atoms with E-state index < -0.39 is 0 Å². The van der Waals surface area contributed by atoms with Crippen molar-refractivity contribution >= 4 is 17.9 Å². The first-order valence-corrected chi connectivity index (χ1v) is 4.94. The number of halogens is 1. The van der Waals surface area contributed by atoms with Gasteiger partial charge in [0.15, 0.2) is 0 Å². The van der Waals surface area contributed by atoms with Gasteiger partial charge in [-0.2, -0.15) is 0 Å². The van der Waals surface area contributed by atoms with E-state index in [4.69, 9.17) is 16.3 Å². The normalized spacial score (nSPS) is 10.1. The van der Waals surface area contributed by atoms with Gasteiger partial charge < -0.3 is 9.53 Å². The van der Waals surface area contributed by atoms with Crippen molar-refractivity contribution in [2.45, 2.75) is 20.0 Å². The van der Waals surface area contributed by atoms with E-state index in [9.17, 15) is 4.79 Å². The largest absolute Gasteiger partial charge is 0.377 e. The lowest BCUT2D eigenvalue weighted by molar-refractivity contribution is -0.107. The molecule has 0 aliphatic carbocycles. The lowest BCUT2D eigenvalue weighted by Gasteiger charge is -2.05. The maximum absolute atomic E-state index is 10.3. The molecule has 0 radical (unpaired) electrons. The average molecular weight is 213 g/mol. The molecule has 0 aliphatic rings. The molecule has 1 aromatic carbocycles. The molecule has 0 saturated heterocycles. The van der Waals surface area contributed by atoms with Crippen LogP contribution in [0.4, 0.5) is 0 Å². The fourth-order valence-corrected chi connectivity index (χ4v) is 1.40. The molecule has 0 atom stereocenters. The second-order valence-corrected chi connectivity index (χ2v) is 3.34. The van der Waals surface area contributed by atoms with Crippen molar-refractivity contribution in [2.24, 2.45) is 0 Å². The van der Waals surface area contributed by atoms with Crippen molar-refractivity contribution in [1.82, 2.24) is 0 Å². The van der Waals surface area contributed by atoms with Gasteiger partial charge in [-0.05, 0) is 24.1 Å². The number of benzene rings is 1. The molecule has 0 saturated carbocycles. The summed E-state index contributed by atoms with van der Waals surface area (Å²) in [6.45, 7) is 3.14. The first-order valence-electron chi connectivity index (χ1n) is 4.56. The van der Waals surface area contributed by atoms with Crippen LogP contribution in [0.3, 0.4) is 0 Å². The van der Waals surface area contributed by atoms with Crippen molar-refractivity contribution < 1.29 is 9.53 Å². The van der Waals surface area contributed by atoms with Gasteiger partial charge in [-0.25, -0.2) is 0 Å². The molecule has 0 aromatic heterocycles. The summed E-state index contributed by atoms with van der Waals surface area (Å²) in [4.78, 5) is 10.3. The lowest BCUT2D eigenvalue weighted by Crippen LogP contribution is -1.94. The predicted molar refractivity (Wildman–Crippen MR) is 56.6 cm³/mol. The topological polar surface area (TPSA) is 26.3 Å². The minimum Gasteiger partial charge on any atom is -0.377 e. The van der Waals surface area contributed by atoms with Crippen LogP contribution in [0, 0.1) is 0 Å². The van der Waals surface area contributed by atoms with E-state index >= 15 is 0 Å². The maximum Gasteiger partial charge on any atom is 0.124 e. The van der Waals surface area contributed by atoms with Gasteiger partial charge >= 0.3 is 0 Å². The molecule has 2 nitrogen and oxygen atoms in total. The highest BCUT2D eigenvalue weighted by atomic mass is 35.5. The Kier molecular flexibility index (Phi) is 4.63. The molecular weight excluding hydrogens is 200 g/mol. The Balaban J connectivity index is 2.73. The molecule has 0 fully saturated rings. The van der Waals surface area contributed by atoms with Crippen LogP contribution in [0.25, 0.3) is 0 Å². The van der Waals surface area contributed by atoms with Crippen LogP contribution in [-0.2, 0) is 22.6 Å². The van der Waals surface area contributed by atoms with Crippen molar-refractivity contribution in [3.8, 4) is 0 Å². The van der Waals surface area contributed by atoms with Crippen LogP contribution in [0.2, 0.25) is 5.02 Å². The Hall–Kier alpha value is -0.860. The van der Waals surface area contributed by atoms with E-state index in [2.05, 4.69) is 0 Å². The van der Waals surface area contributed by atoms with E-state index in [0.29, 0.717) is 24.7 Å². The number of rotatable bonds is 5. The molecule has 0 aliphatic heterocycles. The van der Waals surface area contributed by atoms with Gasteiger partial charge in [0.1, 0.15) is 6.29 Å². The Morgan fingerprint density at radius 1 is 1.50 bits per heavy atom. The first-order chi connectivity index (χ1) is 6.77. The van der Waals surface area contributed by atoms with Gasteiger partial charge in [-0.3, -0.25) is 0 Å². The summed E-state index contributed by atoms with van der Waals surface area (Å²) in [5.41, 5.74) is 1.90. The number of hydrogen-bond donors (Lipinski definition) is 0. The summed E-state index contributed by atoms with van der Waals surface area (Å²) in [6, 6.07) is 5.61. The fourth-order valence-electron chi connectivity index (χ4n) is 1.14. The second-order valence-electron chi connectivity index (χ2n) is 2.93. The van der Waals surface area contributed by atoms with Crippen LogP contribution >= 0.6 is 11.6 Å². The predicted octanol–water partition coefficient (Wildman–Crippen LogP) is 2.62. The molecule has 3 heteroatoms. The standard InChI is InChI=1S/C11H13ClO2/c1-2-14-8-10-4-3-9(5-6-13)7-11(10)12/h3-4,6-7H,2,5,8H2,1H3. The zero-order valence-corrected chi connectivity index (χ0v) is 8.88. The number of ether oxygens (including phenoxy) is 1. The molecule has 0 N–H and O–H groups in total. The lowest BCUT2D eigenvalue weighted by atomic mass is 10.1. The summed E-state index contributed by atoms with van der Waals surface area (Å²) in [6.07, 6.45) is 1.28. The molecule has 14 heavy (non-hydrogen) atoms. The van der Waals surface area contributed by atoms with E-state index in [1.54, 1.807) is 0 Å². The molecule has 0 bridgehead atoms. The third-order valence-electron chi connectivity index (χ3n) is 1.90. The highest BCUT2D eigenvalue weighted by Gasteiger charge is 2.01. The zero-order chi connectivity index (χ0) is 10.4. The van der Waals surface area contributed by atoms with Gasteiger partial charge in [-0.15, -0.1) is 0 Å². The number of carbonyl (C=O) groups excluding carboxylic acids is 1. The van der Waals surface area contributed by atoms with Crippen LogP contribution in [0.1, 0.15) is 18.1 Å². The van der Waals surface area contributed by atoms with Crippen LogP contribution in [0.15, 0.2) is 18.2 Å². The Bertz CT molecular complexity index is 310. The molecule has 76 valence electrons. The minimum atomic E-state index is 0.411. The molecule has 1 aromatic rings. The van der Waals surface area contributed by atoms with Gasteiger partial charge in [-0.1, -0.05) is 23.7 Å². The quantitative estimate of drug-likeness (QED) is 0.702. The fraction of sp³-hybridized carbons (Fsp3) is 0.364. The van der Waals surface area contributed by atoms with Crippen LogP contribution in [0.5, 0.6) is 0 Å². The van der Waals surface area contributed by atoms with Gasteiger partial charge in [0.25, 0.3) is 0 Å². The second kappa shape index (κ2) is 5.78. The van der Waals surface area contributed by atoms with Crippen molar-refractivity contribution in [3.05, 3.63) is 34.3 Å². The summed E-state index contributed by atoms with van der Waals surface area (Å²) < 4.78 is 5.25. The van der Waals surface area contributed by atoms with Gasteiger partial charge in [0, 0.05) is 18.1 Å². The highest BCUT2D eigenvalue weighted by Crippen LogP contribution is 2.18. The first kappa shape index (κ1) is 11.2. The van der Waals surface area contributed by atoms with Crippen molar-refractivity contribution in [2.75, 3.05) is 6.61 Å². The van der Waals surface area contributed by atoms with E-state index in [0.717, 1.165) is 17.4 Å². The van der Waals surface area contributed by atoms with E-state index in [1.165, 1.54) is 0 Å². The van der Waals surface area contributed by atoms with Crippen LogP contribution in [-0.4, -0.2) is 12.9 Å². The summed E-state index contributed by atoms with van der Waals surface area (Å²) in [5.74, 6) is 0. The molecule has 0 unspecified atom stereocenters. The SMILES string of the molecule is CCOCc1ccc(CC=O)cc1Cl. The highest BCUT2D eigenvalue weighted by molar-refractivity contribution is 6.31. The smallest absolute Gasteiger partial charge is 0.124 e. The number of carbonyl (C=O) groups is 1. The van der Waals surface area contributed by atoms with Gasteiger partial charge in [0.2, 0.25) is 0 Å². The average Bonchev–Trinajstić information content (AvgIpc) is 2.17. The van der Waals surface area contributed by atoms with E-state index in [1.807, 2.05) is 25.1 Å². The molecule has 0 amide bonds. The third-order valence-corrected chi connectivity index (χ3v) is 2.25. The van der Waals surface area contributed by atoms with Crippen molar-refractivity contribution in [3.63, 3.8) is 0 Å². The van der Waals surface area contributed by atoms with E-state index in [-0.39, 0.29) is 0 Å². The molecule has 1 rings (SSSR count). The Labute approximate surface area is 88.8 Å². The number of hydrogen-bond acceptors (Lipinski definition) is 2. The summed E-state index contributed by atoms with van der Waals surface area (Å²) >= 11 is 6.00. The van der Waals surface area contributed by atoms with Crippen molar-refractivity contribution in [1.29, 1.82) is 0 Å². The Morgan fingerprint density at radius 3 is 2.86 bits per heavy atom. The third kappa shape index (κ3) is 3.13.